The number of β-amino-alcohol motifs (C(OH)–C–C–N with tert-alkyl or cyclic N) is 1. The van der Waals surface area contributed by atoms with E-state index in [0.29, 0.717) is 0 Å². The third-order valence-corrected chi connectivity index (χ3v) is 3.18. The lowest BCUT2D eigenvalue weighted by Gasteiger charge is -2.28. The highest BCUT2D eigenvalue weighted by Crippen LogP contribution is 2.20. The zero-order valence-corrected chi connectivity index (χ0v) is 10.5. The molecular weight excluding hydrogens is 240 g/mol. The van der Waals surface area contributed by atoms with E-state index >= 15 is 0 Å². The first-order valence-electron chi connectivity index (χ1n) is 5.90. The number of amides is 1. The normalized spacial score (nSPS) is 27.3. The largest absolute Gasteiger partial charge is 0.480 e. The van der Waals surface area contributed by atoms with Crippen LogP contribution in [0.1, 0.15) is 20.3 Å². The van der Waals surface area contributed by atoms with E-state index < -0.39 is 36.2 Å². The molecule has 104 valence electrons. The van der Waals surface area contributed by atoms with Gasteiger partial charge in [0.05, 0.1) is 12.2 Å². The Bertz CT molecular complexity index is 333. The molecule has 0 aromatic heterocycles. The topological polar surface area (TPSA) is 124 Å². The first-order chi connectivity index (χ1) is 8.25. The fraction of sp³-hybridized carbons (Fsp3) is 0.818. The highest BCUT2D eigenvalue weighted by Gasteiger charge is 2.42. The lowest BCUT2D eigenvalue weighted by Crippen LogP contribution is -2.54. The molecule has 18 heavy (non-hydrogen) atoms. The number of carboxylic acids is 1. The quantitative estimate of drug-likeness (QED) is 0.481. The number of nitrogens with two attached hydrogens (primary N) is 1. The van der Waals surface area contributed by atoms with Crippen LogP contribution in [0, 0.1) is 5.92 Å². The Labute approximate surface area is 105 Å². The van der Waals surface area contributed by atoms with Crippen molar-refractivity contribution in [2.75, 3.05) is 6.54 Å². The van der Waals surface area contributed by atoms with E-state index in [2.05, 4.69) is 0 Å². The highest BCUT2D eigenvalue weighted by atomic mass is 16.4. The van der Waals surface area contributed by atoms with Gasteiger partial charge in [0.25, 0.3) is 0 Å². The predicted octanol–water partition coefficient (Wildman–Crippen LogP) is -1.62. The van der Waals surface area contributed by atoms with Crippen LogP contribution in [0.4, 0.5) is 0 Å². The van der Waals surface area contributed by atoms with Gasteiger partial charge >= 0.3 is 5.97 Å². The average Bonchev–Trinajstić information content (AvgIpc) is 2.68. The fourth-order valence-electron chi connectivity index (χ4n) is 2.04. The second-order valence-corrected chi connectivity index (χ2v) is 4.99. The Morgan fingerprint density at radius 3 is 2.39 bits per heavy atom. The minimum Gasteiger partial charge on any atom is -0.480 e. The van der Waals surface area contributed by atoms with E-state index in [1.807, 2.05) is 0 Å². The van der Waals surface area contributed by atoms with Crippen molar-refractivity contribution in [2.45, 2.75) is 44.6 Å². The van der Waals surface area contributed by atoms with Crippen LogP contribution in [-0.4, -0.2) is 62.9 Å². The first kappa shape index (κ1) is 14.9. The van der Waals surface area contributed by atoms with Crippen LogP contribution < -0.4 is 5.73 Å². The molecule has 1 aliphatic heterocycles. The number of aliphatic hydroxyl groups is 2. The van der Waals surface area contributed by atoms with Gasteiger partial charge in [-0.1, -0.05) is 13.8 Å². The van der Waals surface area contributed by atoms with Gasteiger partial charge in [-0.2, -0.15) is 0 Å². The molecule has 1 aliphatic rings. The number of hydrogen-bond donors (Lipinski definition) is 4. The summed E-state index contributed by atoms with van der Waals surface area (Å²) >= 11 is 0. The van der Waals surface area contributed by atoms with Gasteiger partial charge in [0.1, 0.15) is 12.1 Å². The number of carbonyl (C=O) groups excluding carboxylic acids is 1. The van der Waals surface area contributed by atoms with E-state index in [9.17, 15) is 19.8 Å². The number of carboxylic acid groups (broad SMARTS) is 1. The number of likely N-dealkylation sites (tertiary alicyclic amines) is 1. The van der Waals surface area contributed by atoms with Crippen molar-refractivity contribution in [3.05, 3.63) is 0 Å². The number of aliphatic carboxylic acids is 1. The molecule has 0 aromatic carbocycles. The van der Waals surface area contributed by atoms with Crippen LogP contribution in [0.15, 0.2) is 0 Å². The molecule has 1 fully saturated rings. The number of rotatable bonds is 4. The molecule has 4 atom stereocenters. The van der Waals surface area contributed by atoms with Crippen molar-refractivity contribution < 1.29 is 24.9 Å². The van der Waals surface area contributed by atoms with E-state index in [1.165, 1.54) is 0 Å². The Morgan fingerprint density at radius 2 is 1.94 bits per heavy atom. The van der Waals surface area contributed by atoms with Crippen molar-refractivity contribution in [1.82, 2.24) is 4.90 Å². The van der Waals surface area contributed by atoms with Gasteiger partial charge in [-0.15, -0.1) is 0 Å². The van der Waals surface area contributed by atoms with Crippen LogP contribution in [0.25, 0.3) is 0 Å². The maximum absolute atomic E-state index is 12.0. The Balaban J connectivity index is 2.79. The van der Waals surface area contributed by atoms with E-state index in [4.69, 9.17) is 10.8 Å². The predicted molar refractivity (Wildman–Crippen MR) is 62.6 cm³/mol. The third kappa shape index (κ3) is 2.98. The summed E-state index contributed by atoms with van der Waals surface area (Å²) in [6.07, 6.45) is -1.91. The third-order valence-electron chi connectivity index (χ3n) is 3.18. The summed E-state index contributed by atoms with van der Waals surface area (Å²) in [6.45, 7) is 3.37. The molecule has 1 saturated heterocycles. The summed E-state index contributed by atoms with van der Waals surface area (Å²) in [7, 11) is 0. The Morgan fingerprint density at radius 1 is 1.39 bits per heavy atom. The summed E-state index contributed by atoms with van der Waals surface area (Å²) in [6, 6.07) is -2.24. The molecule has 1 heterocycles. The van der Waals surface area contributed by atoms with Crippen LogP contribution in [0.5, 0.6) is 0 Å². The minimum atomic E-state index is -1.17. The van der Waals surface area contributed by atoms with Crippen LogP contribution >= 0.6 is 0 Å². The summed E-state index contributed by atoms with van der Waals surface area (Å²) in [5.41, 5.74) is 5.63. The van der Waals surface area contributed by atoms with Crippen molar-refractivity contribution in [2.24, 2.45) is 11.7 Å². The molecule has 1 rings (SSSR count). The second-order valence-electron chi connectivity index (χ2n) is 4.99. The monoisotopic (exact) mass is 260 g/mol. The van der Waals surface area contributed by atoms with Gasteiger partial charge in [-0.05, 0) is 5.92 Å². The summed E-state index contributed by atoms with van der Waals surface area (Å²) in [5, 5.41) is 28.1. The average molecular weight is 260 g/mol. The second kappa shape index (κ2) is 5.64. The van der Waals surface area contributed by atoms with Gasteiger partial charge in [-0.25, -0.2) is 4.79 Å². The lowest BCUT2D eigenvalue weighted by atomic mass is 9.99. The summed E-state index contributed by atoms with van der Waals surface area (Å²) < 4.78 is 0. The molecule has 0 saturated carbocycles. The van der Waals surface area contributed by atoms with Gasteiger partial charge in [0.2, 0.25) is 5.91 Å². The van der Waals surface area contributed by atoms with E-state index in [0.717, 1.165) is 4.90 Å². The molecule has 0 radical (unpaired) electrons. The van der Waals surface area contributed by atoms with Crippen LogP contribution in [0.2, 0.25) is 0 Å². The van der Waals surface area contributed by atoms with Crippen LogP contribution in [-0.2, 0) is 9.59 Å². The van der Waals surface area contributed by atoms with Crippen molar-refractivity contribution in [1.29, 1.82) is 0 Å². The van der Waals surface area contributed by atoms with Crippen molar-refractivity contribution in [3.63, 3.8) is 0 Å². The minimum absolute atomic E-state index is 0.00837. The SMILES string of the molecule is CC(C)[C@H](O)[C@H](N)C(=O)N1C[C@H](O)C[C@H]1C(=O)O. The van der Waals surface area contributed by atoms with Crippen molar-refractivity contribution >= 4 is 11.9 Å². The summed E-state index contributed by atoms with van der Waals surface area (Å²) in [4.78, 5) is 24.0. The zero-order valence-electron chi connectivity index (χ0n) is 10.5. The van der Waals surface area contributed by atoms with Gasteiger partial charge < -0.3 is 26.0 Å². The molecule has 5 N–H and O–H groups in total. The smallest absolute Gasteiger partial charge is 0.326 e. The fourth-order valence-corrected chi connectivity index (χ4v) is 2.04. The number of hydrogen-bond acceptors (Lipinski definition) is 5. The molecule has 0 aromatic rings. The zero-order chi connectivity index (χ0) is 14.0. The molecule has 0 bridgehead atoms. The first-order valence-corrected chi connectivity index (χ1v) is 5.90. The Hall–Kier alpha value is -1.18. The molecule has 7 nitrogen and oxygen atoms in total. The van der Waals surface area contributed by atoms with Gasteiger partial charge in [0, 0.05) is 13.0 Å². The highest BCUT2D eigenvalue weighted by molar-refractivity contribution is 5.88. The standard InChI is InChI=1S/C11H20N2O5/c1-5(2)9(15)8(12)10(16)13-4-6(14)3-7(13)11(17)18/h5-9,14-15H,3-4,12H2,1-2H3,(H,17,18)/t6-,7+,8+,9+/m1/s1. The van der Waals surface area contributed by atoms with Crippen molar-refractivity contribution in [3.8, 4) is 0 Å². The molecule has 0 spiro atoms. The maximum atomic E-state index is 12.0. The number of carbonyl (C=O) groups is 2. The maximum Gasteiger partial charge on any atom is 0.326 e. The number of nitrogens with zero attached hydrogens (tertiary/aromatic N) is 1. The molecule has 7 heteroatoms. The lowest BCUT2D eigenvalue weighted by molar-refractivity contribution is -0.150. The Kier molecular flexibility index (Phi) is 4.66. The van der Waals surface area contributed by atoms with E-state index in [1.54, 1.807) is 13.8 Å². The van der Waals surface area contributed by atoms with Gasteiger partial charge in [-0.3, -0.25) is 4.79 Å². The molecule has 1 amide bonds. The van der Waals surface area contributed by atoms with Gasteiger partial charge in [0.15, 0.2) is 0 Å². The molecule has 0 unspecified atom stereocenters. The van der Waals surface area contributed by atoms with E-state index in [-0.39, 0.29) is 18.9 Å². The number of aliphatic hydroxyl groups excluding tert-OH is 2. The summed E-state index contributed by atoms with van der Waals surface area (Å²) in [5.74, 6) is -2.02. The molecule has 0 aliphatic carbocycles. The molecular formula is C11H20N2O5. The van der Waals surface area contributed by atoms with Crippen LogP contribution in [0.3, 0.4) is 0 Å².